The minimum Gasteiger partial charge on any atom is -0.298 e. The summed E-state index contributed by atoms with van der Waals surface area (Å²) in [4.78, 5) is 4.85. The standard InChI is InChI=1S/C13H24N4/c1-10-7-17(8-11(2)16(10)3)9-13(6-14)15-12-4-5-12/h10-13,15H,4-5,7-9H2,1-3H3. The molecule has 3 atom stereocenters. The molecule has 2 aliphatic rings. The predicted molar refractivity (Wildman–Crippen MR) is 68.7 cm³/mol. The monoisotopic (exact) mass is 236 g/mol. The van der Waals surface area contributed by atoms with Crippen molar-refractivity contribution in [2.45, 2.75) is 50.9 Å². The first-order valence-corrected chi connectivity index (χ1v) is 6.70. The Morgan fingerprint density at radius 3 is 2.35 bits per heavy atom. The number of likely N-dealkylation sites (N-methyl/N-ethyl adjacent to an activating group) is 1. The molecule has 4 nitrogen and oxygen atoms in total. The van der Waals surface area contributed by atoms with Crippen molar-refractivity contribution in [1.82, 2.24) is 15.1 Å². The highest BCUT2D eigenvalue weighted by Gasteiger charge is 2.30. The van der Waals surface area contributed by atoms with Crippen LogP contribution in [0.5, 0.6) is 0 Å². The van der Waals surface area contributed by atoms with E-state index in [4.69, 9.17) is 5.26 Å². The summed E-state index contributed by atoms with van der Waals surface area (Å²) < 4.78 is 0. The molecule has 1 saturated carbocycles. The van der Waals surface area contributed by atoms with Gasteiger partial charge in [0, 0.05) is 37.8 Å². The third-order valence-corrected chi connectivity index (χ3v) is 4.05. The first-order valence-electron chi connectivity index (χ1n) is 6.70. The summed E-state index contributed by atoms with van der Waals surface area (Å²) in [7, 11) is 2.19. The van der Waals surface area contributed by atoms with Crippen LogP contribution in [0.2, 0.25) is 0 Å². The molecule has 1 aliphatic heterocycles. The molecule has 1 aliphatic carbocycles. The molecule has 1 heterocycles. The molecule has 0 aromatic carbocycles. The summed E-state index contributed by atoms with van der Waals surface area (Å²) in [6.45, 7) is 7.54. The normalized spacial score (nSPS) is 33.3. The molecule has 17 heavy (non-hydrogen) atoms. The summed E-state index contributed by atoms with van der Waals surface area (Å²) in [5, 5.41) is 12.6. The van der Waals surface area contributed by atoms with Crippen LogP contribution in [0.3, 0.4) is 0 Å². The van der Waals surface area contributed by atoms with E-state index in [0.29, 0.717) is 18.1 Å². The Morgan fingerprint density at radius 2 is 1.88 bits per heavy atom. The number of piperazine rings is 1. The molecular formula is C13H24N4. The van der Waals surface area contributed by atoms with Crippen LogP contribution in [-0.2, 0) is 0 Å². The maximum atomic E-state index is 9.17. The Kier molecular flexibility index (Phi) is 4.03. The van der Waals surface area contributed by atoms with Crippen molar-refractivity contribution in [3.63, 3.8) is 0 Å². The fourth-order valence-electron chi connectivity index (χ4n) is 2.59. The van der Waals surface area contributed by atoms with E-state index in [1.807, 2.05) is 0 Å². The van der Waals surface area contributed by atoms with Crippen LogP contribution in [0.25, 0.3) is 0 Å². The van der Waals surface area contributed by atoms with Crippen LogP contribution in [0.4, 0.5) is 0 Å². The quantitative estimate of drug-likeness (QED) is 0.778. The van der Waals surface area contributed by atoms with Gasteiger partial charge in [-0.05, 0) is 33.7 Å². The largest absolute Gasteiger partial charge is 0.298 e. The van der Waals surface area contributed by atoms with Gasteiger partial charge in [0.25, 0.3) is 0 Å². The Bertz CT molecular complexity index is 282. The van der Waals surface area contributed by atoms with Gasteiger partial charge in [-0.3, -0.25) is 15.1 Å². The number of nitrogens with one attached hydrogen (secondary N) is 1. The van der Waals surface area contributed by atoms with Gasteiger partial charge in [-0.15, -0.1) is 0 Å². The molecule has 0 amide bonds. The number of hydrogen-bond donors (Lipinski definition) is 1. The molecule has 0 aromatic heterocycles. The molecule has 3 unspecified atom stereocenters. The van der Waals surface area contributed by atoms with E-state index >= 15 is 0 Å². The van der Waals surface area contributed by atoms with Gasteiger partial charge >= 0.3 is 0 Å². The van der Waals surface area contributed by atoms with Crippen molar-refractivity contribution < 1.29 is 0 Å². The topological polar surface area (TPSA) is 42.3 Å². The van der Waals surface area contributed by atoms with Crippen molar-refractivity contribution in [3.8, 4) is 6.07 Å². The van der Waals surface area contributed by atoms with Crippen molar-refractivity contribution in [1.29, 1.82) is 5.26 Å². The van der Waals surface area contributed by atoms with E-state index < -0.39 is 0 Å². The average molecular weight is 236 g/mol. The number of hydrogen-bond acceptors (Lipinski definition) is 4. The Labute approximate surface area is 105 Å². The van der Waals surface area contributed by atoms with E-state index in [1.54, 1.807) is 0 Å². The highest BCUT2D eigenvalue weighted by molar-refractivity contribution is 4.98. The van der Waals surface area contributed by atoms with Gasteiger partial charge in [0.05, 0.1) is 6.07 Å². The lowest BCUT2D eigenvalue weighted by Crippen LogP contribution is -2.57. The zero-order chi connectivity index (χ0) is 12.4. The summed E-state index contributed by atoms with van der Waals surface area (Å²) in [6.07, 6.45) is 2.49. The summed E-state index contributed by atoms with van der Waals surface area (Å²) in [5.41, 5.74) is 0. The molecule has 0 aromatic rings. The average Bonchev–Trinajstić information content (AvgIpc) is 3.08. The van der Waals surface area contributed by atoms with E-state index in [-0.39, 0.29) is 6.04 Å². The molecular weight excluding hydrogens is 212 g/mol. The highest BCUT2D eigenvalue weighted by Crippen LogP contribution is 2.20. The summed E-state index contributed by atoms with van der Waals surface area (Å²) >= 11 is 0. The van der Waals surface area contributed by atoms with Crippen LogP contribution in [0.15, 0.2) is 0 Å². The molecule has 0 bridgehead atoms. The van der Waals surface area contributed by atoms with Crippen molar-refractivity contribution in [3.05, 3.63) is 0 Å². The highest BCUT2D eigenvalue weighted by atomic mass is 15.3. The van der Waals surface area contributed by atoms with Gasteiger partial charge in [-0.1, -0.05) is 0 Å². The molecule has 96 valence electrons. The fraction of sp³-hybridized carbons (Fsp3) is 0.923. The van der Waals surface area contributed by atoms with Gasteiger partial charge in [-0.25, -0.2) is 0 Å². The number of nitriles is 1. The Morgan fingerprint density at radius 1 is 1.29 bits per heavy atom. The van der Waals surface area contributed by atoms with E-state index in [0.717, 1.165) is 19.6 Å². The van der Waals surface area contributed by atoms with Crippen molar-refractivity contribution in [2.24, 2.45) is 0 Å². The summed E-state index contributed by atoms with van der Waals surface area (Å²) in [5.74, 6) is 0. The number of nitrogens with zero attached hydrogens (tertiary/aromatic N) is 3. The maximum Gasteiger partial charge on any atom is 0.108 e. The van der Waals surface area contributed by atoms with Gasteiger partial charge in [-0.2, -0.15) is 5.26 Å². The second-order valence-electron chi connectivity index (χ2n) is 5.70. The minimum absolute atomic E-state index is 0.00491. The van der Waals surface area contributed by atoms with Crippen LogP contribution >= 0.6 is 0 Å². The first kappa shape index (κ1) is 12.8. The van der Waals surface area contributed by atoms with Gasteiger partial charge in [0.1, 0.15) is 6.04 Å². The van der Waals surface area contributed by atoms with E-state index in [9.17, 15) is 0 Å². The lowest BCUT2D eigenvalue weighted by molar-refractivity contribution is 0.0573. The van der Waals surface area contributed by atoms with E-state index in [2.05, 4.69) is 42.1 Å². The Balaban J connectivity index is 1.83. The van der Waals surface area contributed by atoms with Crippen LogP contribution in [-0.4, -0.2) is 60.6 Å². The molecule has 2 rings (SSSR count). The molecule has 1 saturated heterocycles. The molecule has 4 heteroatoms. The first-order chi connectivity index (χ1) is 8.10. The molecule has 1 N–H and O–H groups in total. The third kappa shape index (κ3) is 3.41. The SMILES string of the molecule is CC1CN(CC(C#N)NC2CC2)CC(C)N1C. The number of rotatable bonds is 4. The van der Waals surface area contributed by atoms with Gasteiger partial charge in [0.15, 0.2) is 0 Å². The van der Waals surface area contributed by atoms with Crippen molar-refractivity contribution in [2.75, 3.05) is 26.7 Å². The predicted octanol–water partition coefficient (Wildman–Crippen LogP) is 0.655. The van der Waals surface area contributed by atoms with Crippen LogP contribution in [0, 0.1) is 11.3 Å². The second-order valence-corrected chi connectivity index (χ2v) is 5.70. The molecule has 0 spiro atoms. The molecule has 2 fully saturated rings. The van der Waals surface area contributed by atoms with E-state index in [1.165, 1.54) is 12.8 Å². The zero-order valence-corrected chi connectivity index (χ0v) is 11.2. The van der Waals surface area contributed by atoms with Gasteiger partial charge in [0.2, 0.25) is 0 Å². The minimum atomic E-state index is 0.00491. The smallest absolute Gasteiger partial charge is 0.108 e. The Hall–Kier alpha value is -0.630. The fourth-order valence-corrected chi connectivity index (χ4v) is 2.59. The maximum absolute atomic E-state index is 9.17. The molecule has 0 radical (unpaired) electrons. The summed E-state index contributed by atoms with van der Waals surface area (Å²) in [6, 6.07) is 4.18. The lowest BCUT2D eigenvalue weighted by atomic mass is 10.1. The third-order valence-electron chi connectivity index (χ3n) is 4.05. The van der Waals surface area contributed by atoms with Crippen LogP contribution < -0.4 is 5.32 Å². The van der Waals surface area contributed by atoms with Gasteiger partial charge < -0.3 is 0 Å². The van der Waals surface area contributed by atoms with Crippen LogP contribution in [0.1, 0.15) is 26.7 Å². The zero-order valence-electron chi connectivity index (χ0n) is 11.2. The lowest BCUT2D eigenvalue weighted by Gasteiger charge is -2.43. The van der Waals surface area contributed by atoms with Crippen molar-refractivity contribution >= 4 is 0 Å². The second kappa shape index (κ2) is 5.34.